The Kier molecular flexibility index (Phi) is 4.70. The molecule has 1 aromatic carbocycles. The monoisotopic (exact) mass is 384 g/mol. The van der Waals surface area contributed by atoms with Gasteiger partial charge in [-0.2, -0.15) is 0 Å². The molecule has 2 aromatic heterocycles. The van der Waals surface area contributed by atoms with Gasteiger partial charge in [0.25, 0.3) is 5.56 Å². The molecule has 0 aliphatic heterocycles. The average Bonchev–Trinajstić information content (AvgIpc) is 3.05. The number of nitrogens with zero attached hydrogens (tertiary/aromatic N) is 2. The van der Waals surface area contributed by atoms with E-state index in [1.54, 1.807) is 35.0 Å². The fourth-order valence-electron chi connectivity index (χ4n) is 3.39. The summed E-state index contributed by atoms with van der Waals surface area (Å²) in [6.07, 6.45) is 4.17. The summed E-state index contributed by atoms with van der Waals surface area (Å²) in [6.45, 7) is 1.87. The number of ether oxygens (including phenoxy) is 2. The summed E-state index contributed by atoms with van der Waals surface area (Å²) < 4.78 is 12.3. The minimum absolute atomic E-state index is 0.0384. The Morgan fingerprint density at radius 1 is 1.26 bits per heavy atom. The molecule has 0 unspecified atom stereocenters. The summed E-state index contributed by atoms with van der Waals surface area (Å²) in [5.74, 6) is 0.159. The van der Waals surface area contributed by atoms with Crippen molar-refractivity contribution in [1.29, 1.82) is 0 Å². The number of thiazole rings is 1. The number of carbonyl (C=O) groups is 1. The molecule has 27 heavy (non-hydrogen) atoms. The Balaban J connectivity index is 1.55. The van der Waals surface area contributed by atoms with Crippen LogP contribution >= 0.6 is 11.3 Å². The summed E-state index contributed by atoms with van der Waals surface area (Å²) in [5, 5.41) is 0. The molecule has 0 saturated heterocycles. The Labute approximate surface area is 160 Å². The van der Waals surface area contributed by atoms with Crippen molar-refractivity contribution in [3.05, 3.63) is 62.0 Å². The quantitative estimate of drug-likeness (QED) is 0.646. The summed E-state index contributed by atoms with van der Waals surface area (Å²) in [4.78, 5) is 31.3. The van der Waals surface area contributed by atoms with Gasteiger partial charge in [-0.25, -0.2) is 9.78 Å². The number of rotatable bonds is 4. The first-order valence-corrected chi connectivity index (χ1v) is 9.73. The maximum atomic E-state index is 12.5. The van der Waals surface area contributed by atoms with Crippen molar-refractivity contribution in [2.75, 3.05) is 7.11 Å². The molecule has 2 heterocycles. The zero-order chi connectivity index (χ0) is 19.0. The first kappa shape index (κ1) is 17.7. The zero-order valence-electron chi connectivity index (χ0n) is 15.3. The highest BCUT2D eigenvalue weighted by Crippen LogP contribution is 2.28. The van der Waals surface area contributed by atoms with E-state index in [-0.39, 0.29) is 12.2 Å². The third-order valence-electron chi connectivity index (χ3n) is 4.81. The second-order valence-corrected chi connectivity index (χ2v) is 7.71. The third kappa shape index (κ3) is 3.35. The van der Waals surface area contributed by atoms with E-state index in [0.29, 0.717) is 22.0 Å². The number of fused-ring (bicyclic) bond motifs is 3. The van der Waals surface area contributed by atoms with Crippen molar-refractivity contribution in [2.24, 2.45) is 0 Å². The van der Waals surface area contributed by atoms with Crippen molar-refractivity contribution in [3.63, 3.8) is 0 Å². The highest BCUT2D eigenvalue weighted by molar-refractivity contribution is 7.17. The van der Waals surface area contributed by atoms with E-state index in [4.69, 9.17) is 9.47 Å². The standard InChI is InChI=1S/C20H20N2O4S/c1-12-7-8-13(9-16(12)25-2)19(24)26-11-14-10-18(23)22-15-5-3-4-6-17(15)27-20(22)21-14/h7-10H,3-6,11H2,1-2H3. The Morgan fingerprint density at radius 2 is 2.07 bits per heavy atom. The lowest BCUT2D eigenvalue weighted by Gasteiger charge is -2.10. The molecule has 1 aliphatic rings. The van der Waals surface area contributed by atoms with Crippen molar-refractivity contribution in [3.8, 4) is 5.75 Å². The predicted octanol–water partition coefficient (Wildman–Crippen LogP) is 3.31. The minimum atomic E-state index is -0.472. The van der Waals surface area contributed by atoms with Gasteiger partial charge in [-0.05, 0) is 50.3 Å². The number of carbonyl (C=O) groups excluding carboxylic acids is 1. The summed E-state index contributed by atoms with van der Waals surface area (Å²) >= 11 is 1.56. The van der Waals surface area contributed by atoms with Crippen molar-refractivity contribution in [1.82, 2.24) is 9.38 Å². The van der Waals surface area contributed by atoms with Crippen molar-refractivity contribution in [2.45, 2.75) is 39.2 Å². The topological polar surface area (TPSA) is 69.9 Å². The van der Waals surface area contributed by atoms with Crippen LogP contribution in [0.25, 0.3) is 4.96 Å². The van der Waals surface area contributed by atoms with Gasteiger partial charge >= 0.3 is 5.97 Å². The van der Waals surface area contributed by atoms with Crippen molar-refractivity contribution < 1.29 is 14.3 Å². The highest BCUT2D eigenvalue weighted by atomic mass is 32.1. The molecule has 0 spiro atoms. The van der Waals surface area contributed by atoms with Crippen LogP contribution in [-0.4, -0.2) is 22.5 Å². The Bertz CT molecular complexity index is 1080. The molecule has 0 N–H and O–H groups in total. The average molecular weight is 384 g/mol. The van der Waals surface area contributed by atoms with Gasteiger partial charge in [-0.3, -0.25) is 9.20 Å². The molecule has 7 heteroatoms. The van der Waals surface area contributed by atoms with Gasteiger partial charge in [-0.15, -0.1) is 11.3 Å². The third-order valence-corrected chi connectivity index (χ3v) is 5.95. The van der Waals surface area contributed by atoms with Gasteiger partial charge in [0.2, 0.25) is 0 Å². The molecule has 0 radical (unpaired) electrons. The molecule has 0 fully saturated rings. The van der Waals surface area contributed by atoms with Crippen LogP contribution in [0.5, 0.6) is 5.75 Å². The van der Waals surface area contributed by atoms with Crippen LogP contribution in [-0.2, 0) is 24.2 Å². The maximum Gasteiger partial charge on any atom is 0.338 e. The van der Waals surface area contributed by atoms with Gasteiger partial charge in [0, 0.05) is 16.6 Å². The van der Waals surface area contributed by atoms with E-state index in [1.807, 2.05) is 13.0 Å². The lowest BCUT2D eigenvalue weighted by atomic mass is 10.0. The first-order valence-electron chi connectivity index (χ1n) is 8.92. The van der Waals surface area contributed by atoms with Crippen LogP contribution in [0.1, 0.15) is 45.0 Å². The lowest BCUT2D eigenvalue weighted by Crippen LogP contribution is -2.18. The highest BCUT2D eigenvalue weighted by Gasteiger charge is 2.19. The molecular formula is C20H20N2O4S. The fourth-order valence-corrected chi connectivity index (χ4v) is 4.62. The molecule has 0 amide bonds. The second kappa shape index (κ2) is 7.15. The Hall–Kier alpha value is -2.67. The molecular weight excluding hydrogens is 364 g/mol. The number of methoxy groups -OCH3 is 1. The van der Waals surface area contributed by atoms with Crippen molar-refractivity contribution >= 4 is 22.3 Å². The van der Waals surface area contributed by atoms with E-state index in [2.05, 4.69) is 4.98 Å². The van der Waals surface area contributed by atoms with Gasteiger partial charge in [0.15, 0.2) is 4.96 Å². The molecule has 0 saturated carbocycles. The summed E-state index contributed by atoms with van der Waals surface area (Å²) in [7, 11) is 1.56. The molecule has 4 rings (SSSR count). The number of esters is 1. The van der Waals surface area contributed by atoms with Gasteiger partial charge in [0.1, 0.15) is 12.4 Å². The molecule has 140 valence electrons. The van der Waals surface area contributed by atoms with Crippen LogP contribution in [0.15, 0.2) is 29.1 Å². The second-order valence-electron chi connectivity index (χ2n) is 6.64. The molecule has 1 aliphatic carbocycles. The largest absolute Gasteiger partial charge is 0.496 e. The molecule has 0 atom stereocenters. The Morgan fingerprint density at radius 3 is 2.89 bits per heavy atom. The van der Waals surface area contributed by atoms with E-state index < -0.39 is 5.97 Å². The first-order chi connectivity index (χ1) is 13.1. The number of hydrogen-bond donors (Lipinski definition) is 0. The normalized spacial score (nSPS) is 13.4. The van der Waals surface area contributed by atoms with E-state index >= 15 is 0 Å². The zero-order valence-corrected chi connectivity index (χ0v) is 16.1. The minimum Gasteiger partial charge on any atom is -0.496 e. The molecule has 6 nitrogen and oxygen atoms in total. The fraction of sp³-hybridized carbons (Fsp3) is 0.350. The number of benzene rings is 1. The smallest absolute Gasteiger partial charge is 0.338 e. The number of aryl methyl sites for hydroxylation is 3. The summed E-state index contributed by atoms with van der Waals surface area (Å²) in [6, 6.07) is 6.61. The van der Waals surface area contributed by atoms with Gasteiger partial charge in [0.05, 0.1) is 18.4 Å². The van der Waals surface area contributed by atoms with Gasteiger partial charge < -0.3 is 9.47 Å². The molecule has 0 bridgehead atoms. The van der Waals surface area contributed by atoms with Crippen LogP contribution in [0.2, 0.25) is 0 Å². The number of aromatic nitrogens is 2. The molecule has 3 aromatic rings. The SMILES string of the molecule is COc1cc(C(=O)OCc2cc(=O)n3c4c(sc3n2)CCCC4)ccc1C. The van der Waals surface area contributed by atoms with E-state index in [1.165, 1.54) is 10.9 Å². The number of hydrogen-bond acceptors (Lipinski definition) is 6. The lowest BCUT2D eigenvalue weighted by molar-refractivity contribution is 0.0467. The van der Waals surface area contributed by atoms with Crippen LogP contribution in [0, 0.1) is 6.92 Å². The van der Waals surface area contributed by atoms with Crippen LogP contribution < -0.4 is 10.3 Å². The van der Waals surface area contributed by atoms with E-state index in [9.17, 15) is 9.59 Å². The maximum absolute atomic E-state index is 12.5. The van der Waals surface area contributed by atoms with Crippen LogP contribution in [0.4, 0.5) is 0 Å². The summed E-state index contributed by atoms with van der Waals surface area (Å²) in [5.41, 5.74) is 2.79. The van der Waals surface area contributed by atoms with E-state index in [0.717, 1.165) is 36.9 Å². The predicted molar refractivity (Wildman–Crippen MR) is 103 cm³/mol. The van der Waals surface area contributed by atoms with Gasteiger partial charge in [-0.1, -0.05) is 6.07 Å². The van der Waals surface area contributed by atoms with Crippen LogP contribution in [0.3, 0.4) is 0 Å².